The van der Waals surface area contributed by atoms with Crippen molar-refractivity contribution in [2.75, 3.05) is 46.4 Å². The van der Waals surface area contributed by atoms with Gasteiger partial charge in [0.25, 0.3) is 5.91 Å². The normalized spacial score (nSPS) is 21.1. The first-order valence-electron chi connectivity index (χ1n) is 11.1. The van der Waals surface area contributed by atoms with E-state index in [2.05, 4.69) is 41.5 Å². The minimum Gasteiger partial charge on any atom is -0.379 e. The second-order valence-corrected chi connectivity index (χ2v) is 8.76. The van der Waals surface area contributed by atoms with E-state index in [-0.39, 0.29) is 11.9 Å². The van der Waals surface area contributed by atoms with Gasteiger partial charge in [0.05, 0.1) is 13.2 Å². The van der Waals surface area contributed by atoms with E-state index >= 15 is 0 Å². The van der Waals surface area contributed by atoms with E-state index in [0.29, 0.717) is 38.1 Å². The second-order valence-electron chi connectivity index (χ2n) is 8.76. The Morgan fingerprint density at radius 1 is 1.12 bits per heavy atom. The topological polar surface area (TPSA) is 74.3 Å². The molecule has 1 atom stereocenters. The number of rotatable bonds is 4. The third-order valence-electron chi connectivity index (χ3n) is 6.56. The molecule has 168 valence electrons. The number of nitrogens with zero attached hydrogens (tertiary/aromatic N) is 6. The monoisotopic (exact) mass is 437 g/mol. The van der Waals surface area contributed by atoms with Crippen LogP contribution in [0.15, 0.2) is 29.4 Å². The number of morpholine rings is 1. The average Bonchev–Trinajstić information content (AvgIpc) is 3.29. The standard InChI is InChI=1S/C23H29N6O3/c1-15-5-6-16(2)18(13-15)29-17(3)14-28-19-20(24-22(28)29)25(4)23(31)27(21(19)30)8-7-26-9-11-32-12-10-26/h5-6,13-14,19H,7-12H2,1-4H3/q+1. The van der Waals surface area contributed by atoms with Crippen molar-refractivity contribution < 1.29 is 18.9 Å². The zero-order chi connectivity index (χ0) is 22.6. The Morgan fingerprint density at radius 3 is 2.62 bits per heavy atom. The third-order valence-corrected chi connectivity index (χ3v) is 6.56. The highest BCUT2D eigenvalue weighted by Gasteiger charge is 2.53. The molecule has 32 heavy (non-hydrogen) atoms. The number of carbonyl (C=O) groups excluding carboxylic acids is 2. The first kappa shape index (κ1) is 20.8. The van der Waals surface area contributed by atoms with E-state index in [1.165, 1.54) is 9.80 Å². The number of ether oxygens (including phenoxy) is 1. The quantitative estimate of drug-likeness (QED) is 0.680. The zero-order valence-electron chi connectivity index (χ0n) is 19.0. The van der Waals surface area contributed by atoms with Crippen molar-refractivity contribution in [3.63, 3.8) is 0 Å². The number of amides is 3. The smallest absolute Gasteiger partial charge is 0.379 e. The molecular weight excluding hydrogens is 408 g/mol. The van der Waals surface area contributed by atoms with Crippen molar-refractivity contribution >= 4 is 23.7 Å². The lowest BCUT2D eigenvalue weighted by atomic mass is 10.1. The second kappa shape index (κ2) is 7.83. The van der Waals surface area contributed by atoms with Crippen molar-refractivity contribution in [3.8, 4) is 5.69 Å². The number of carbonyl (C=O) groups is 2. The number of aryl methyl sites for hydroxylation is 3. The highest BCUT2D eigenvalue weighted by atomic mass is 16.5. The summed E-state index contributed by atoms with van der Waals surface area (Å²) in [7, 11) is 1.70. The van der Waals surface area contributed by atoms with Crippen LogP contribution in [0.3, 0.4) is 0 Å². The van der Waals surface area contributed by atoms with Crippen molar-refractivity contribution in [3.05, 3.63) is 41.2 Å². The molecule has 2 fully saturated rings. The summed E-state index contributed by atoms with van der Waals surface area (Å²) in [5, 5.41) is 0. The molecule has 1 aromatic heterocycles. The molecule has 0 aliphatic carbocycles. The molecule has 0 bridgehead atoms. The predicted octanol–water partition coefficient (Wildman–Crippen LogP) is 1.50. The number of aromatic nitrogens is 2. The highest BCUT2D eigenvalue weighted by molar-refractivity contribution is 6.19. The number of imidazole rings is 1. The zero-order valence-corrected chi connectivity index (χ0v) is 19.0. The van der Waals surface area contributed by atoms with Crippen LogP contribution in [0.5, 0.6) is 0 Å². The van der Waals surface area contributed by atoms with E-state index in [1.807, 2.05) is 17.7 Å². The van der Waals surface area contributed by atoms with Gasteiger partial charge in [-0.2, -0.15) is 4.57 Å². The van der Waals surface area contributed by atoms with Crippen LogP contribution in [0.2, 0.25) is 0 Å². The Labute approximate surface area is 187 Å². The molecule has 2 aromatic rings. The number of hydrogen-bond acceptors (Lipinski definition) is 5. The predicted molar refractivity (Wildman–Crippen MR) is 118 cm³/mol. The van der Waals surface area contributed by atoms with Crippen LogP contribution in [0.1, 0.15) is 22.9 Å². The fraction of sp³-hybridized carbons (Fsp3) is 0.478. The number of imide groups is 1. The summed E-state index contributed by atoms with van der Waals surface area (Å²) in [5.41, 5.74) is 4.29. The molecule has 3 aliphatic rings. The lowest BCUT2D eigenvalue weighted by Gasteiger charge is -2.35. The molecule has 0 N–H and O–H groups in total. The largest absolute Gasteiger partial charge is 0.406 e. The van der Waals surface area contributed by atoms with Gasteiger partial charge in [-0.3, -0.25) is 19.5 Å². The van der Waals surface area contributed by atoms with Gasteiger partial charge in [0, 0.05) is 33.2 Å². The van der Waals surface area contributed by atoms with Crippen LogP contribution in [0.25, 0.3) is 5.69 Å². The molecule has 9 nitrogen and oxygen atoms in total. The molecule has 0 spiro atoms. The van der Waals surface area contributed by atoms with E-state index < -0.39 is 6.04 Å². The van der Waals surface area contributed by atoms with Crippen LogP contribution >= 0.6 is 0 Å². The molecule has 3 aliphatic heterocycles. The molecule has 1 unspecified atom stereocenters. The van der Waals surface area contributed by atoms with E-state index in [0.717, 1.165) is 35.6 Å². The molecule has 0 radical (unpaired) electrons. The Morgan fingerprint density at radius 2 is 1.88 bits per heavy atom. The van der Waals surface area contributed by atoms with Gasteiger partial charge in [0.2, 0.25) is 11.9 Å². The van der Waals surface area contributed by atoms with Gasteiger partial charge >= 0.3 is 12.0 Å². The van der Waals surface area contributed by atoms with Gasteiger partial charge in [-0.05, 0) is 38.0 Å². The number of benzene rings is 1. The highest BCUT2D eigenvalue weighted by Crippen LogP contribution is 2.32. The lowest BCUT2D eigenvalue weighted by Crippen LogP contribution is -2.63. The van der Waals surface area contributed by atoms with Crippen molar-refractivity contribution in [2.45, 2.75) is 26.8 Å². The summed E-state index contributed by atoms with van der Waals surface area (Å²) in [6.45, 7) is 10.2. The SMILES string of the molecule is Cc1ccc(C)c(-n2c(C)c[n+]3c2N=C2C3C(=O)N(CCN3CCOCC3)C(=O)N2C)c1. The minimum atomic E-state index is -0.623. The van der Waals surface area contributed by atoms with Crippen LogP contribution < -0.4 is 4.57 Å². The van der Waals surface area contributed by atoms with Crippen LogP contribution in [-0.4, -0.2) is 83.5 Å². The summed E-state index contributed by atoms with van der Waals surface area (Å²) in [4.78, 5) is 36.4. The summed E-state index contributed by atoms with van der Waals surface area (Å²) in [6, 6.07) is 5.35. The molecule has 2 saturated heterocycles. The van der Waals surface area contributed by atoms with Gasteiger partial charge in [-0.15, -0.1) is 0 Å². The van der Waals surface area contributed by atoms with Crippen molar-refractivity contribution in [2.24, 2.45) is 4.99 Å². The van der Waals surface area contributed by atoms with Gasteiger partial charge in [-0.25, -0.2) is 9.36 Å². The summed E-state index contributed by atoms with van der Waals surface area (Å²) in [6.07, 6.45) is 1.96. The third kappa shape index (κ3) is 3.23. The number of fused-ring (bicyclic) bond motifs is 3. The lowest BCUT2D eigenvalue weighted by molar-refractivity contribution is -0.676. The maximum Gasteiger partial charge on any atom is 0.406 e. The molecule has 5 rings (SSSR count). The van der Waals surface area contributed by atoms with Crippen LogP contribution in [-0.2, 0) is 9.53 Å². The Bertz CT molecular complexity index is 1130. The maximum atomic E-state index is 13.5. The summed E-state index contributed by atoms with van der Waals surface area (Å²) < 4.78 is 9.36. The van der Waals surface area contributed by atoms with E-state index in [1.54, 1.807) is 7.05 Å². The van der Waals surface area contributed by atoms with Crippen LogP contribution in [0.4, 0.5) is 10.7 Å². The van der Waals surface area contributed by atoms with Crippen molar-refractivity contribution in [1.82, 2.24) is 19.3 Å². The molecule has 1 aromatic carbocycles. The maximum absolute atomic E-state index is 13.5. The Hall–Kier alpha value is -3.04. The first-order valence-corrected chi connectivity index (χ1v) is 11.1. The molecular formula is C23H29N6O3+. The Kier molecular flexibility index (Phi) is 5.10. The number of amidine groups is 1. The van der Waals surface area contributed by atoms with E-state index in [9.17, 15) is 9.59 Å². The summed E-state index contributed by atoms with van der Waals surface area (Å²) >= 11 is 0. The number of urea groups is 1. The minimum absolute atomic E-state index is 0.220. The molecule has 0 saturated carbocycles. The molecule has 4 heterocycles. The molecule has 9 heteroatoms. The van der Waals surface area contributed by atoms with E-state index in [4.69, 9.17) is 9.73 Å². The first-order chi connectivity index (χ1) is 15.4. The van der Waals surface area contributed by atoms with Gasteiger partial charge in [-0.1, -0.05) is 17.1 Å². The summed E-state index contributed by atoms with van der Waals surface area (Å²) in [5.74, 6) is 0.929. The van der Waals surface area contributed by atoms with Crippen LogP contribution in [0, 0.1) is 20.8 Å². The molecule has 3 amide bonds. The number of likely N-dealkylation sites (N-methyl/N-ethyl adjacent to an activating group) is 1. The number of hydrogen-bond donors (Lipinski definition) is 0. The Balaban J connectivity index is 1.49. The number of aliphatic imine (C=N–C) groups is 1. The van der Waals surface area contributed by atoms with Gasteiger partial charge in [0.15, 0.2) is 0 Å². The van der Waals surface area contributed by atoms with Crippen molar-refractivity contribution in [1.29, 1.82) is 0 Å². The van der Waals surface area contributed by atoms with Gasteiger partial charge < -0.3 is 4.74 Å². The fourth-order valence-corrected chi connectivity index (χ4v) is 4.71. The van der Waals surface area contributed by atoms with Gasteiger partial charge in [0.1, 0.15) is 17.6 Å². The fourth-order valence-electron chi connectivity index (χ4n) is 4.71. The average molecular weight is 438 g/mol.